The Morgan fingerprint density at radius 1 is 1.35 bits per heavy atom. The van der Waals surface area contributed by atoms with Crippen molar-refractivity contribution < 1.29 is 4.39 Å². The largest absolute Gasteiger partial charge is 0.313 e. The Hall–Kier alpha value is -0.540. The number of unbranched alkanes of at least 4 members (excludes halogenated alkanes) is 2. The number of benzene rings is 1. The Bertz CT molecular complexity index is 341. The van der Waals surface area contributed by atoms with Crippen molar-refractivity contribution in [3.8, 4) is 0 Å². The summed E-state index contributed by atoms with van der Waals surface area (Å²) >= 11 is 1.62. The highest BCUT2D eigenvalue weighted by molar-refractivity contribution is 7.99. The predicted octanol–water partition coefficient (Wildman–Crippen LogP) is 4.39. The Labute approximate surface area is 108 Å². The monoisotopic (exact) mass is 255 g/mol. The molecule has 0 radical (unpaired) electrons. The van der Waals surface area contributed by atoms with Crippen LogP contribution in [0.1, 0.15) is 44.7 Å². The van der Waals surface area contributed by atoms with Gasteiger partial charge < -0.3 is 5.32 Å². The molecule has 0 saturated carbocycles. The first kappa shape index (κ1) is 14.5. The van der Waals surface area contributed by atoms with Gasteiger partial charge in [-0.05, 0) is 43.8 Å². The van der Waals surface area contributed by atoms with Crippen LogP contribution < -0.4 is 5.32 Å². The van der Waals surface area contributed by atoms with Gasteiger partial charge in [-0.15, -0.1) is 11.8 Å². The van der Waals surface area contributed by atoms with E-state index in [-0.39, 0.29) is 11.9 Å². The van der Waals surface area contributed by atoms with E-state index in [1.807, 2.05) is 26.1 Å². The Morgan fingerprint density at radius 3 is 2.71 bits per heavy atom. The fourth-order valence-electron chi connectivity index (χ4n) is 1.60. The lowest BCUT2D eigenvalue weighted by Gasteiger charge is -2.12. The lowest BCUT2D eigenvalue weighted by molar-refractivity contribution is 0.587. The fraction of sp³-hybridized carbons (Fsp3) is 0.571. The highest BCUT2D eigenvalue weighted by Crippen LogP contribution is 2.25. The van der Waals surface area contributed by atoms with E-state index in [2.05, 4.69) is 12.2 Å². The van der Waals surface area contributed by atoms with E-state index in [4.69, 9.17) is 0 Å². The average molecular weight is 255 g/mol. The van der Waals surface area contributed by atoms with Gasteiger partial charge in [0, 0.05) is 10.9 Å². The molecule has 0 amide bonds. The van der Waals surface area contributed by atoms with Crippen molar-refractivity contribution in [1.29, 1.82) is 0 Å². The van der Waals surface area contributed by atoms with Crippen LogP contribution in [0.4, 0.5) is 4.39 Å². The molecule has 0 aliphatic rings. The first-order valence-corrected chi connectivity index (χ1v) is 7.27. The molecule has 0 heterocycles. The van der Waals surface area contributed by atoms with Gasteiger partial charge in [-0.1, -0.05) is 25.8 Å². The summed E-state index contributed by atoms with van der Waals surface area (Å²) in [6.07, 6.45) is 3.60. The Morgan fingerprint density at radius 2 is 2.12 bits per heavy atom. The van der Waals surface area contributed by atoms with Crippen LogP contribution in [0.15, 0.2) is 23.1 Å². The second kappa shape index (κ2) is 7.72. The molecular weight excluding hydrogens is 233 g/mol. The van der Waals surface area contributed by atoms with Crippen molar-refractivity contribution >= 4 is 11.8 Å². The first-order valence-electron chi connectivity index (χ1n) is 6.28. The molecule has 17 heavy (non-hydrogen) atoms. The van der Waals surface area contributed by atoms with Crippen molar-refractivity contribution in [1.82, 2.24) is 5.32 Å². The third-order valence-electron chi connectivity index (χ3n) is 2.89. The van der Waals surface area contributed by atoms with Crippen LogP contribution in [0, 0.1) is 5.82 Å². The topological polar surface area (TPSA) is 12.0 Å². The lowest BCUT2D eigenvalue weighted by Crippen LogP contribution is -2.12. The van der Waals surface area contributed by atoms with Crippen molar-refractivity contribution in [2.24, 2.45) is 0 Å². The zero-order chi connectivity index (χ0) is 12.7. The van der Waals surface area contributed by atoms with Crippen molar-refractivity contribution in [3.05, 3.63) is 29.6 Å². The molecular formula is C14H22FNS. The smallest absolute Gasteiger partial charge is 0.137 e. The molecule has 1 N–H and O–H groups in total. The van der Waals surface area contributed by atoms with Gasteiger partial charge in [0.15, 0.2) is 0 Å². The summed E-state index contributed by atoms with van der Waals surface area (Å²) in [6.45, 7) is 4.21. The lowest BCUT2D eigenvalue weighted by atomic mass is 10.1. The first-order chi connectivity index (χ1) is 8.19. The van der Waals surface area contributed by atoms with Crippen LogP contribution in [-0.2, 0) is 0 Å². The summed E-state index contributed by atoms with van der Waals surface area (Å²) in [5.41, 5.74) is 1.00. The van der Waals surface area contributed by atoms with Gasteiger partial charge in [0.1, 0.15) is 5.82 Å². The van der Waals surface area contributed by atoms with Crippen LogP contribution >= 0.6 is 11.8 Å². The number of thioether (sulfide) groups is 1. The van der Waals surface area contributed by atoms with Crippen molar-refractivity contribution in [3.63, 3.8) is 0 Å². The number of halogens is 1. The fourth-order valence-corrected chi connectivity index (χ4v) is 2.53. The van der Waals surface area contributed by atoms with E-state index < -0.39 is 0 Å². The minimum absolute atomic E-state index is 0.0916. The minimum atomic E-state index is -0.0916. The second-order valence-corrected chi connectivity index (χ2v) is 5.39. The van der Waals surface area contributed by atoms with E-state index >= 15 is 0 Å². The van der Waals surface area contributed by atoms with Gasteiger partial charge in [-0.25, -0.2) is 4.39 Å². The molecule has 0 aliphatic carbocycles. The van der Waals surface area contributed by atoms with Gasteiger partial charge in [0.05, 0.1) is 0 Å². The average Bonchev–Trinajstić information content (AvgIpc) is 2.35. The molecule has 1 nitrogen and oxygen atoms in total. The van der Waals surface area contributed by atoms with Gasteiger partial charge in [0.2, 0.25) is 0 Å². The van der Waals surface area contributed by atoms with E-state index in [0.717, 1.165) is 22.6 Å². The van der Waals surface area contributed by atoms with E-state index in [0.29, 0.717) is 0 Å². The van der Waals surface area contributed by atoms with Crippen molar-refractivity contribution in [2.75, 3.05) is 12.8 Å². The van der Waals surface area contributed by atoms with E-state index in [9.17, 15) is 4.39 Å². The number of hydrogen-bond acceptors (Lipinski definition) is 2. The maximum Gasteiger partial charge on any atom is 0.137 e. The number of rotatable bonds is 7. The van der Waals surface area contributed by atoms with Crippen LogP contribution in [0.2, 0.25) is 0 Å². The van der Waals surface area contributed by atoms with Gasteiger partial charge >= 0.3 is 0 Å². The van der Waals surface area contributed by atoms with Crippen LogP contribution in [-0.4, -0.2) is 12.8 Å². The summed E-state index contributed by atoms with van der Waals surface area (Å²) in [5, 5.41) is 3.11. The summed E-state index contributed by atoms with van der Waals surface area (Å²) in [4.78, 5) is 0.771. The quantitative estimate of drug-likeness (QED) is 0.573. The predicted molar refractivity (Wildman–Crippen MR) is 74.1 cm³/mol. The molecule has 0 bridgehead atoms. The third kappa shape index (κ3) is 4.68. The van der Waals surface area contributed by atoms with Crippen molar-refractivity contribution in [2.45, 2.75) is 44.0 Å². The number of hydrogen-bond donors (Lipinski definition) is 1. The molecule has 0 saturated heterocycles. The Balaban J connectivity index is 2.57. The molecule has 1 atom stereocenters. The normalized spacial score (nSPS) is 12.7. The maximum atomic E-state index is 13.8. The molecule has 1 unspecified atom stereocenters. The van der Waals surface area contributed by atoms with E-state index in [1.165, 1.54) is 12.8 Å². The van der Waals surface area contributed by atoms with E-state index in [1.54, 1.807) is 17.8 Å². The zero-order valence-corrected chi connectivity index (χ0v) is 11.7. The molecule has 3 heteroatoms. The minimum Gasteiger partial charge on any atom is -0.313 e. The number of nitrogens with one attached hydrogen (secondary N) is 1. The Kier molecular flexibility index (Phi) is 6.60. The summed E-state index contributed by atoms with van der Waals surface area (Å²) in [7, 11) is 1.88. The van der Waals surface area contributed by atoms with Gasteiger partial charge in [0.25, 0.3) is 0 Å². The van der Waals surface area contributed by atoms with Gasteiger partial charge in [-0.2, -0.15) is 0 Å². The standard InChI is InChI=1S/C14H22FNS/c1-4-5-6-9-17-14-8-7-12(10-13(14)15)11(2)16-3/h7-8,10-11,16H,4-6,9H2,1-3H3. The summed E-state index contributed by atoms with van der Waals surface area (Å²) in [6, 6.07) is 5.74. The molecule has 1 rings (SSSR count). The molecule has 96 valence electrons. The van der Waals surface area contributed by atoms with Crippen LogP contribution in [0.5, 0.6) is 0 Å². The molecule has 0 fully saturated rings. The molecule has 0 aliphatic heterocycles. The molecule has 0 spiro atoms. The maximum absolute atomic E-state index is 13.8. The second-order valence-electron chi connectivity index (χ2n) is 4.26. The highest BCUT2D eigenvalue weighted by Gasteiger charge is 2.07. The van der Waals surface area contributed by atoms with Crippen LogP contribution in [0.3, 0.4) is 0 Å². The zero-order valence-electron chi connectivity index (χ0n) is 10.9. The summed E-state index contributed by atoms with van der Waals surface area (Å²) in [5.74, 6) is 0.914. The van der Waals surface area contributed by atoms with Crippen LogP contribution in [0.25, 0.3) is 0 Å². The summed E-state index contributed by atoms with van der Waals surface area (Å²) < 4.78 is 13.8. The third-order valence-corrected chi connectivity index (χ3v) is 4.03. The SMILES string of the molecule is CCCCCSc1ccc(C(C)NC)cc1F. The molecule has 0 aromatic heterocycles. The highest BCUT2D eigenvalue weighted by atomic mass is 32.2. The molecule has 1 aromatic rings. The molecule has 1 aromatic carbocycles. The van der Waals surface area contributed by atoms with Gasteiger partial charge in [-0.3, -0.25) is 0 Å².